The van der Waals surface area contributed by atoms with Crippen molar-refractivity contribution in [1.82, 2.24) is 15.1 Å². The molecule has 0 aliphatic rings. The molecule has 0 radical (unpaired) electrons. The van der Waals surface area contributed by atoms with Crippen LogP contribution in [0, 0.1) is 6.92 Å². The van der Waals surface area contributed by atoms with Crippen molar-refractivity contribution in [3.8, 4) is 0 Å². The number of hydrogen-bond donors (Lipinski definition) is 1. The summed E-state index contributed by atoms with van der Waals surface area (Å²) >= 11 is 0. The van der Waals surface area contributed by atoms with Gasteiger partial charge in [-0.3, -0.25) is 0 Å². The molecule has 1 rings (SSSR count). The average molecular weight is 135 g/mol. The maximum atomic E-state index is 5.07. The summed E-state index contributed by atoms with van der Waals surface area (Å²) in [6.45, 7) is 1.83. The highest BCUT2D eigenvalue weighted by Gasteiger charge is 1.84. The fourth-order valence-electron chi connectivity index (χ4n) is 0.356. The minimum absolute atomic E-state index is 0. The Bertz CT molecular complexity index is 144. The molecule has 0 spiro atoms. The van der Waals surface area contributed by atoms with E-state index in [2.05, 4.69) is 10.2 Å². The second kappa shape index (κ2) is 2.52. The predicted octanol–water partition coefficient (Wildman–Crippen LogP) is -0.278. The van der Waals surface area contributed by atoms with Gasteiger partial charge in [-0.1, -0.05) is 4.91 Å². The molecule has 0 atom stereocenters. The Morgan fingerprint density at radius 3 is 2.50 bits per heavy atom. The summed E-state index contributed by atoms with van der Waals surface area (Å²) in [6, 6.07) is 0. The van der Waals surface area contributed by atoms with Gasteiger partial charge in [0.15, 0.2) is 0 Å². The fraction of sp³-hybridized carbons (Fsp3) is 0.333. The number of nitrogens with zero attached hydrogens (tertiary/aromatic N) is 3. The Morgan fingerprint density at radius 2 is 2.38 bits per heavy atom. The topological polar surface area (TPSA) is 56.7 Å². The SMILES string of the molecule is Cc1cnn(N)n1.Cl. The second-order valence-electron chi connectivity index (χ2n) is 1.31. The third-order valence-electron chi connectivity index (χ3n) is 0.623. The van der Waals surface area contributed by atoms with Crippen molar-refractivity contribution in [2.45, 2.75) is 6.92 Å². The van der Waals surface area contributed by atoms with Crippen LogP contribution in [0.3, 0.4) is 0 Å². The van der Waals surface area contributed by atoms with Crippen molar-refractivity contribution in [2.24, 2.45) is 0 Å². The van der Waals surface area contributed by atoms with E-state index in [0.717, 1.165) is 10.6 Å². The molecule has 0 unspecified atom stereocenters. The minimum Gasteiger partial charge on any atom is -0.306 e. The largest absolute Gasteiger partial charge is 0.306 e. The number of rotatable bonds is 0. The zero-order chi connectivity index (χ0) is 5.28. The third kappa shape index (κ3) is 1.38. The first-order chi connectivity index (χ1) is 3.29. The molecule has 0 fully saturated rings. The summed E-state index contributed by atoms with van der Waals surface area (Å²) in [6.07, 6.45) is 1.60. The number of halogens is 1. The van der Waals surface area contributed by atoms with Gasteiger partial charge in [-0.05, 0) is 6.92 Å². The molecule has 1 aromatic heterocycles. The third-order valence-corrected chi connectivity index (χ3v) is 0.623. The van der Waals surface area contributed by atoms with Gasteiger partial charge < -0.3 is 5.84 Å². The van der Waals surface area contributed by atoms with Crippen molar-refractivity contribution in [3.63, 3.8) is 0 Å². The number of nitrogens with two attached hydrogens (primary N) is 1. The zero-order valence-corrected chi connectivity index (χ0v) is 5.22. The lowest BCUT2D eigenvalue weighted by molar-refractivity contribution is 0.702. The predicted molar refractivity (Wildman–Crippen MR) is 32.2 cm³/mol. The number of aromatic nitrogens is 3. The van der Waals surface area contributed by atoms with Gasteiger partial charge in [-0.2, -0.15) is 0 Å². The number of nitrogen functional groups attached to an aromatic ring is 1. The van der Waals surface area contributed by atoms with Crippen LogP contribution in [-0.2, 0) is 0 Å². The molecular weight excluding hydrogens is 128 g/mol. The van der Waals surface area contributed by atoms with Crippen LogP contribution in [0.15, 0.2) is 6.20 Å². The lowest BCUT2D eigenvalue weighted by Gasteiger charge is -1.78. The van der Waals surface area contributed by atoms with Crippen molar-refractivity contribution < 1.29 is 0 Å². The molecule has 0 amide bonds. The lowest BCUT2D eigenvalue weighted by atomic mass is 10.6. The molecule has 0 saturated heterocycles. The van der Waals surface area contributed by atoms with E-state index in [-0.39, 0.29) is 12.4 Å². The van der Waals surface area contributed by atoms with Crippen LogP contribution >= 0.6 is 12.4 Å². The van der Waals surface area contributed by atoms with Crippen LogP contribution < -0.4 is 5.84 Å². The molecule has 46 valence electrons. The molecule has 0 aromatic carbocycles. The first-order valence-electron chi connectivity index (χ1n) is 1.93. The standard InChI is InChI=1S/C3H6N4.ClH/c1-3-2-5-7(4)6-3;/h2H,4H2,1H3;1H. The monoisotopic (exact) mass is 134 g/mol. The van der Waals surface area contributed by atoms with Crippen LogP contribution in [-0.4, -0.2) is 15.1 Å². The van der Waals surface area contributed by atoms with Gasteiger partial charge >= 0.3 is 0 Å². The lowest BCUT2D eigenvalue weighted by Crippen LogP contribution is -2.11. The molecule has 5 heteroatoms. The molecule has 0 aliphatic heterocycles. The summed E-state index contributed by atoms with van der Waals surface area (Å²) in [5.41, 5.74) is 0.836. The molecule has 0 aliphatic carbocycles. The van der Waals surface area contributed by atoms with Crippen molar-refractivity contribution in [1.29, 1.82) is 0 Å². The van der Waals surface area contributed by atoms with Crippen LogP contribution in [0.1, 0.15) is 5.69 Å². The molecule has 0 bridgehead atoms. The van der Waals surface area contributed by atoms with E-state index in [9.17, 15) is 0 Å². The van der Waals surface area contributed by atoms with Crippen molar-refractivity contribution in [3.05, 3.63) is 11.9 Å². The molecule has 1 heterocycles. The quantitative estimate of drug-likeness (QED) is 0.497. The summed E-state index contributed by atoms with van der Waals surface area (Å²) in [7, 11) is 0. The Kier molecular flexibility index (Phi) is 2.27. The van der Waals surface area contributed by atoms with Gasteiger partial charge in [0, 0.05) is 0 Å². The maximum Gasteiger partial charge on any atom is 0.0817 e. The van der Waals surface area contributed by atoms with Gasteiger partial charge in [-0.15, -0.1) is 22.6 Å². The van der Waals surface area contributed by atoms with E-state index in [1.807, 2.05) is 6.92 Å². The molecule has 4 nitrogen and oxygen atoms in total. The highest BCUT2D eigenvalue weighted by atomic mass is 35.5. The average Bonchev–Trinajstić information content (AvgIpc) is 1.87. The molecule has 8 heavy (non-hydrogen) atoms. The van der Waals surface area contributed by atoms with E-state index < -0.39 is 0 Å². The Labute approximate surface area is 53.1 Å². The van der Waals surface area contributed by atoms with E-state index in [4.69, 9.17) is 5.84 Å². The highest BCUT2D eigenvalue weighted by Crippen LogP contribution is 1.79. The van der Waals surface area contributed by atoms with Gasteiger partial charge in [0.25, 0.3) is 0 Å². The normalized spacial score (nSPS) is 8.12. The first kappa shape index (κ1) is 7.23. The smallest absolute Gasteiger partial charge is 0.0817 e. The summed E-state index contributed by atoms with van der Waals surface area (Å²) < 4.78 is 0. The molecular formula is C3H7ClN4. The molecule has 2 N–H and O–H groups in total. The Hall–Kier alpha value is -0.770. The van der Waals surface area contributed by atoms with Crippen LogP contribution in [0.4, 0.5) is 0 Å². The van der Waals surface area contributed by atoms with Gasteiger partial charge in [-0.25, -0.2) is 0 Å². The molecule has 0 saturated carbocycles. The Balaban J connectivity index is 0.000000490. The fourth-order valence-corrected chi connectivity index (χ4v) is 0.356. The van der Waals surface area contributed by atoms with E-state index in [0.29, 0.717) is 0 Å². The van der Waals surface area contributed by atoms with Crippen LogP contribution in [0.2, 0.25) is 0 Å². The van der Waals surface area contributed by atoms with Crippen LogP contribution in [0.25, 0.3) is 0 Å². The number of hydrogen-bond acceptors (Lipinski definition) is 3. The Morgan fingerprint density at radius 1 is 1.75 bits per heavy atom. The summed E-state index contributed by atoms with van der Waals surface area (Å²) in [5.74, 6) is 5.07. The van der Waals surface area contributed by atoms with E-state index in [1.54, 1.807) is 6.20 Å². The second-order valence-corrected chi connectivity index (χ2v) is 1.31. The van der Waals surface area contributed by atoms with Crippen molar-refractivity contribution in [2.75, 3.05) is 5.84 Å². The summed E-state index contributed by atoms with van der Waals surface area (Å²) in [5, 5.41) is 7.29. The number of aryl methyl sites for hydroxylation is 1. The maximum absolute atomic E-state index is 5.07. The zero-order valence-electron chi connectivity index (χ0n) is 4.40. The molecule has 1 aromatic rings. The summed E-state index contributed by atoms with van der Waals surface area (Å²) in [4.78, 5) is 1.04. The van der Waals surface area contributed by atoms with E-state index in [1.165, 1.54) is 0 Å². The highest BCUT2D eigenvalue weighted by molar-refractivity contribution is 5.85. The van der Waals surface area contributed by atoms with Crippen molar-refractivity contribution >= 4 is 12.4 Å². The van der Waals surface area contributed by atoms with Gasteiger partial charge in [0.05, 0.1) is 11.9 Å². The van der Waals surface area contributed by atoms with Crippen LogP contribution in [0.5, 0.6) is 0 Å². The van der Waals surface area contributed by atoms with Gasteiger partial charge in [0.1, 0.15) is 0 Å². The first-order valence-corrected chi connectivity index (χ1v) is 1.93. The minimum atomic E-state index is 0. The van der Waals surface area contributed by atoms with Gasteiger partial charge in [0.2, 0.25) is 0 Å². The van der Waals surface area contributed by atoms with E-state index >= 15 is 0 Å².